The van der Waals surface area contributed by atoms with Gasteiger partial charge in [-0.1, -0.05) is 12.1 Å². The summed E-state index contributed by atoms with van der Waals surface area (Å²) >= 11 is 1.39. The van der Waals surface area contributed by atoms with Crippen molar-refractivity contribution in [1.82, 2.24) is 19.9 Å². The lowest BCUT2D eigenvalue weighted by atomic mass is 10.3. The Morgan fingerprint density at radius 3 is 3.00 bits per heavy atom. The summed E-state index contributed by atoms with van der Waals surface area (Å²) in [5.41, 5.74) is 0.986. The lowest BCUT2D eigenvalue weighted by molar-refractivity contribution is 0.0771. The number of rotatable bonds is 3. The number of thiazole rings is 1. The van der Waals surface area contributed by atoms with E-state index in [0.29, 0.717) is 24.5 Å². The van der Waals surface area contributed by atoms with Gasteiger partial charge in [0.15, 0.2) is 5.01 Å². The largest absolute Gasteiger partial charge is 0.470 e. The molecule has 8 heteroatoms. The van der Waals surface area contributed by atoms with Crippen LogP contribution in [0.5, 0.6) is 5.88 Å². The Morgan fingerprint density at radius 2 is 2.16 bits per heavy atom. The zero-order valence-electron chi connectivity index (χ0n) is 13.1. The number of fused-ring (bicyclic) bond motifs is 1. The Labute approximate surface area is 147 Å². The first kappa shape index (κ1) is 15.5. The highest BCUT2D eigenvalue weighted by molar-refractivity contribution is 7.20. The fourth-order valence-corrected chi connectivity index (χ4v) is 3.69. The van der Waals surface area contributed by atoms with Crippen molar-refractivity contribution in [2.45, 2.75) is 12.5 Å². The van der Waals surface area contributed by atoms with E-state index in [-0.39, 0.29) is 23.6 Å². The third-order valence-electron chi connectivity index (χ3n) is 3.96. The summed E-state index contributed by atoms with van der Waals surface area (Å²) in [4.78, 5) is 26.8. The van der Waals surface area contributed by atoms with Gasteiger partial charge < -0.3 is 9.64 Å². The molecule has 7 nitrogen and oxygen atoms in total. The third kappa shape index (κ3) is 3.02. The van der Waals surface area contributed by atoms with Gasteiger partial charge in [-0.15, -0.1) is 11.3 Å². The van der Waals surface area contributed by atoms with Crippen LogP contribution in [0.15, 0.2) is 36.7 Å². The zero-order valence-corrected chi connectivity index (χ0v) is 13.9. The fourth-order valence-electron chi connectivity index (χ4n) is 2.75. The predicted molar refractivity (Wildman–Crippen MR) is 91.3 cm³/mol. The smallest absolute Gasteiger partial charge is 0.283 e. The first-order chi connectivity index (χ1) is 12.2. The van der Waals surface area contributed by atoms with Crippen LogP contribution in [-0.2, 0) is 0 Å². The standard InChI is InChI=1S/C17H13N5O2S/c18-9-13-15(20-7-6-19-13)24-11-5-8-22(10-11)17(23)16-21-12-3-1-2-4-14(12)25-16/h1-4,6-7,11H,5,8,10H2/t11-/m1/s1. The second-order valence-electron chi connectivity index (χ2n) is 5.59. The number of benzene rings is 1. The van der Waals surface area contributed by atoms with Crippen LogP contribution in [0.3, 0.4) is 0 Å². The summed E-state index contributed by atoms with van der Waals surface area (Å²) in [5, 5.41) is 9.53. The summed E-state index contributed by atoms with van der Waals surface area (Å²) < 4.78 is 6.76. The van der Waals surface area contributed by atoms with Gasteiger partial charge in [0.2, 0.25) is 5.69 Å². The average molecular weight is 351 g/mol. The Hall–Kier alpha value is -3.05. The molecule has 1 atom stereocenters. The minimum atomic E-state index is -0.206. The first-order valence-electron chi connectivity index (χ1n) is 7.77. The minimum Gasteiger partial charge on any atom is -0.470 e. The number of amides is 1. The molecule has 1 aromatic carbocycles. The van der Waals surface area contributed by atoms with Crippen LogP contribution >= 0.6 is 11.3 Å². The molecule has 1 saturated heterocycles. The summed E-state index contributed by atoms with van der Waals surface area (Å²) in [6, 6.07) is 9.65. The highest BCUT2D eigenvalue weighted by Crippen LogP contribution is 2.25. The fraction of sp³-hybridized carbons (Fsp3) is 0.235. The SMILES string of the molecule is N#Cc1nccnc1O[C@@H]1CCN(C(=O)c2nc3ccccc3s2)C1. The predicted octanol–water partition coefficient (Wildman–Crippen LogP) is 2.25. The lowest BCUT2D eigenvalue weighted by Gasteiger charge is -2.15. The number of nitriles is 1. The molecule has 3 aromatic rings. The van der Waals surface area contributed by atoms with Gasteiger partial charge in [-0.2, -0.15) is 5.26 Å². The van der Waals surface area contributed by atoms with E-state index in [2.05, 4.69) is 15.0 Å². The topological polar surface area (TPSA) is 92.0 Å². The molecule has 1 aliphatic rings. The average Bonchev–Trinajstić information content (AvgIpc) is 3.28. The van der Waals surface area contributed by atoms with Crippen molar-refractivity contribution in [3.63, 3.8) is 0 Å². The maximum atomic E-state index is 12.7. The van der Waals surface area contributed by atoms with E-state index in [1.165, 1.54) is 23.7 Å². The molecule has 124 valence electrons. The number of aromatic nitrogens is 3. The highest BCUT2D eigenvalue weighted by Gasteiger charge is 2.30. The molecule has 1 amide bonds. The van der Waals surface area contributed by atoms with Crippen LogP contribution in [0.1, 0.15) is 21.9 Å². The van der Waals surface area contributed by atoms with Crippen LogP contribution in [-0.4, -0.2) is 45.0 Å². The number of carbonyl (C=O) groups excluding carboxylic acids is 1. The van der Waals surface area contributed by atoms with Gasteiger partial charge in [-0.25, -0.2) is 15.0 Å². The van der Waals surface area contributed by atoms with Gasteiger partial charge in [-0.3, -0.25) is 4.79 Å². The number of carbonyl (C=O) groups is 1. The van der Waals surface area contributed by atoms with E-state index in [1.807, 2.05) is 30.3 Å². The van der Waals surface area contributed by atoms with Gasteiger partial charge in [0.05, 0.1) is 16.8 Å². The minimum absolute atomic E-state index is 0.0908. The molecule has 0 radical (unpaired) electrons. The van der Waals surface area contributed by atoms with Crippen molar-refractivity contribution < 1.29 is 9.53 Å². The molecular formula is C17H13N5O2S. The van der Waals surface area contributed by atoms with Crippen molar-refractivity contribution in [1.29, 1.82) is 5.26 Å². The summed E-state index contributed by atoms with van der Waals surface area (Å²) in [6.07, 6.45) is 3.40. The number of para-hydroxylation sites is 1. The van der Waals surface area contributed by atoms with Gasteiger partial charge in [-0.05, 0) is 12.1 Å². The van der Waals surface area contributed by atoms with Gasteiger partial charge in [0, 0.05) is 25.4 Å². The van der Waals surface area contributed by atoms with Crippen molar-refractivity contribution in [3.05, 3.63) is 47.4 Å². The van der Waals surface area contributed by atoms with E-state index in [1.54, 1.807) is 4.90 Å². The molecule has 3 heterocycles. The second-order valence-corrected chi connectivity index (χ2v) is 6.62. The number of ether oxygens (including phenoxy) is 1. The van der Waals surface area contributed by atoms with Crippen molar-refractivity contribution >= 4 is 27.5 Å². The summed E-state index contributed by atoms with van der Waals surface area (Å²) in [5.74, 6) is 0.122. The lowest BCUT2D eigenvalue weighted by Crippen LogP contribution is -2.31. The van der Waals surface area contributed by atoms with Gasteiger partial charge >= 0.3 is 0 Å². The maximum absolute atomic E-state index is 12.7. The maximum Gasteiger partial charge on any atom is 0.283 e. The molecule has 0 aliphatic carbocycles. The van der Waals surface area contributed by atoms with Gasteiger partial charge in [0.25, 0.3) is 11.8 Å². The Bertz CT molecular complexity index is 947. The van der Waals surface area contributed by atoms with Crippen LogP contribution in [0.4, 0.5) is 0 Å². The molecule has 0 bridgehead atoms. The van der Waals surface area contributed by atoms with E-state index in [0.717, 1.165) is 10.2 Å². The highest BCUT2D eigenvalue weighted by atomic mass is 32.1. The Morgan fingerprint density at radius 1 is 1.32 bits per heavy atom. The van der Waals surface area contributed by atoms with Crippen LogP contribution in [0.25, 0.3) is 10.2 Å². The molecule has 0 saturated carbocycles. The monoisotopic (exact) mass is 351 g/mol. The molecular weight excluding hydrogens is 338 g/mol. The zero-order chi connectivity index (χ0) is 17.2. The third-order valence-corrected chi connectivity index (χ3v) is 4.98. The van der Waals surface area contributed by atoms with Crippen molar-refractivity contribution in [2.24, 2.45) is 0 Å². The number of nitrogens with zero attached hydrogens (tertiary/aromatic N) is 5. The summed E-state index contributed by atoms with van der Waals surface area (Å²) in [7, 11) is 0. The quantitative estimate of drug-likeness (QED) is 0.719. The van der Waals surface area contributed by atoms with Crippen molar-refractivity contribution in [3.8, 4) is 11.9 Å². The molecule has 1 aliphatic heterocycles. The van der Waals surface area contributed by atoms with E-state index < -0.39 is 0 Å². The number of hydrogen-bond donors (Lipinski definition) is 0. The van der Waals surface area contributed by atoms with Gasteiger partial charge in [0.1, 0.15) is 12.2 Å². The Kier molecular flexibility index (Phi) is 3.99. The van der Waals surface area contributed by atoms with E-state index in [4.69, 9.17) is 10.00 Å². The number of likely N-dealkylation sites (tertiary alicyclic amines) is 1. The molecule has 1 fully saturated rings. The first-order valence-corrected chi connectivity index (χ1v) is 8.59. The molecule has 4 rings (SSSR count). The van der Waals surface area contributed by atoms with Crippen molar-refractivity contribution in [2.75, 3.05) is 13.1 Å². The molecule has 25 heavy (non-hydrogen) atoms. The second kappa shape index (κ2) is 6.45. The normalized spacial score (nSPS) is 16.8. The number of hydrogen-bond acceptors (Lipinski definition) is 7. The van der Waals surface area contributed by atoms with E-state index in [9.17, 15) is 4.79 Å². The summed E-state index contributed by atoms with van der Waals surface area (Å²) in [6.45, 7) is 1.03. The Balaban J connectivity index is 1.46. The van der Waals surface area contributed by atoms with E-state index >= 15 is 0 Å². The molecule has 0 unspecified atom stereocenters. The van der Waals surface area contributed by atoms with Crippen LogP contribution in [0, 0.1) is 11.3 Å². The molecule has 2 aromatic heterocycles. The molecule has 0 N–H and O–H groups in total. The molecule has 0 spiro atoms. The van der Waals surface area contributed by atoms with Crippen LogP contribution < -0.4 is 4.74 Å². The van der Waals surface area contributed by atoms with Crippen LogP contribution in [0.2, 0.25) is 0 Å².